The molecule has 0 spiro atoms. The molecular formula is C18H18Cl3N3. The molecule has 0 aliphatic carbocycles. The number of fused-ring (bicyclic) bond motifs is 1. The van der Waals surface area contributed by atoms with Crippen molar-refractivity contribution in [1.29, 1.82) is 0 Å². The summed E-state index contributed by atoms with van der Waals surface area (Å²) in [5.41, 5.74) is 9.16. The second-order valence-corrected chi connectivity index (χ2v) is 7.09. The van der Waals surface area contributed by atoms with Crippen molar-refractivity contribution >= 4 is 45.8 Å². The molecule has 6 heteroatoms. The Morgan fingerprint density at radius 1 is 1.12 bits per heavy atom. The summed E-state index contributed by atoms with van der Waals surface area (Å²) in [5, 5.41) is 1.71. The van der Waals surface area contributed by atoms with Crippen molar-refractivity contribution in [1.82, 2.24) is 9.55 Å². The smallest absolute Gasteiger partial charge is 0.127 e. The standard InChI is InChI=1S/C18H18Cl3N3/c1-2-4-15(22)18-23-16-8-13(20)14(21)9-17(16)24(18)10-11-5-3-6-12(19)7-11/h3,5-9,15H,2,4,10,22H2,1H3/t15-/m0/s1. The van der Waals surface area contributed by atoms with Gasteiger partial charge in [-0.3, -0.25) is 0 Å². The van der Waals surface area contributed by atoms with Crippen LogP contribution in [-0.2, 0) is 6.54 Å². The summed E-state index contributed by atoms with van der Waals surface area (Å²) >= 11 is 18.5. The van der Waals surface area contributed by atoms with Gasteiger partial charge in [0.25, 0.3) is 0 Å². The summed E-state index contributed by atoms with van der Waals surface area (Å²) in [7, 11) is 0. The maximum atomic E-state index is 6.35. The highest BCUT2D eigenvalue weighted by Gasteiger charge is 2.18. The normalized spacial score (nSPS) is 12.7. The van der Waals surface area contributed by atoms with E-state index in [1.807, 2.05) is 30.3 Å². The first-order chi connectivity index (χ1) is 11.5. The van der Waals surface area contributed by atoms with Crippen LogP contribution in [0.5, 0.6) is 0 Å². The van der Waals surface area contributed by atoms with E-state index < -0.39 is 0 Å². The lowest BCUT2D eigenvalue weighted by Gasteiger charge is -2.14. The Morgan fingerprint density at radius 2 is 1.88 bits per heavy atom. The number of aromatic nitrogens is 2. The summed E-state index contributed by atoms with van der Waals surface area (Å²) in [6.07, 6.45) is 1.85. The molecule has 0 radical (unpaired) electrons. The fraction of sp³-hybridized carbons (Fsp3) is 0.278. The minimum absolute atomic E-state index is 0.140. The van der Waals surface area contributed by atoms with Gasteiger partial charge >= 0.3 is 0 Å². The van der Waals surface area contributed by atoms with Crippen LogP contribution < -0.4 is 5.73 Å². The van der Waals surface area contributed by atoms with Gasteiger partial charge in [0.15, 0.2) is 0 Å². The van der Waals surface area contributed by atoms with Crippen LogP contribution in [0.2, 0.25) is 15.1 Å². The predicted octanol–water partition coefficient (Wildman–Crippen LogP) is 5.84. The Bertz CT molecular complexity index is 873. The van der Waals surface area contributed by atoms with Gasteiger partial charge in [-0.05, 0) is 36.2 Å². The van der Waals surface area contributed by atoms with Gasteiger partial charge < -0.3 is 10.3 Å². The first kappa shape index (κ1) is 17.6. The molecule has 0 aliphatic rings. The van der Waals surface area contributed by atoms with E-state index in [2.05, 4.69) is 11.5 Å². The summed E-state index contributed by atoms with van der Waals surface area (Å²) in [4.78, 5) is 4.71. The number of imidazole rings is 1. The Kier molecular flexibility index (Phi) is 5.36. The molecule has 0 aliphatic heterocycles. The number of nitrogens with zero attached hydrogens (tertiary/aromatic N) is 2. The van der Waals surface area contributed by atoms with Crippen LogP contribution in [0.1, 0.15) is 37.2 Å². The maximum absolute atomic E-state index is 6.35. The Balaban J connectivity index is 2.14. The molecule has 126 valence electrons. The van der Waals surface area contributed by atoms with E-state index in [1.54, 1.807) is 6.07 Å². The van der Waals surface area contributed by atoms with Crippen LogP contribution in [0, 0.1) is 0 Å². The highest BCUT2D eigenvalue weighted by Crippen LogP contribution is 2.31. The van der Waals surface area contributed by atoms with Gasteiger partial charge in [0.2, 0.25) is 0 Å². The molecule has 0 saturated carbocycles. The van der Waals surface area contributed by atoms with E-state index in [-0.39, 0.29) is 6.04 Å². The predicted molar refractivity (Wildman–Crippen MR) is 102 cm³/mol. The van der Waals surface area contributed by atoms with E-state index in [1.165, 1.54) is 0 Å². The molecule has 0 unspecified atom stereocenters. The van der Waals surface area contributed by atoms with Crippen molar-refractivity contribution in [3.63, 3.8) is 0 Å². The molecule has 3 aromatic rings. The molecule has 3 rings (SSSR count). The fourth-order valence-corrected chi connectivity index (χ4v) is 3.37. The van der Waals surface area contributed by atoms with Crippen molar-refractivity contribution in [2.24, 2.45) is 5.73 Å². The van der Waals surface area contributed by atoms with Crippen molar-refractivity contribution in [3.05, 3.63) is 62.9 Å². The highest BCUT2D eigenvalue weighted by atomic mass is 35.5. The zero-order valence-corrected chi connectivity index (χ0v) is 15.5. The summed E-state index contributed by atoms with van der Waals surface area (Å²) in [5.74, 6) is 0.838. The van der Waals surface area contributed by atoms with Crippen LogP contribution in [0.15, 0.2) is 36.4 Å². The van der Waals surface area contributed by atoms with Crippen LogP contribution >= 0.6 is 34.8 Å². The van der Waals surface area contributed by atoms with Gasteiger partial charge in [-0.1, -0.05) is 60.3 Å². The average molecular weight is 383 g/mol. The number of halogens is 3. The number of hydrogen-bond acceptors (Lipinski definition) is 2. The second kappa shape index (κ2) is 7.32. The van der Waals surface area contributed by atoms with E-state index >= 15 is 0 Å². The van der Waals surface area contributed by atoms with Gasteiger partial charge in [0, 0.05) is 11.6 Å². The van der Waals surface area contributed by atoms with Crippen molar-refractivity contribution in [2.45, 2.75) is 32.4 Å². The first-order valence-electron chi connectivity index (χ1n) is 7.84. The SMILES string of the molecule is CCC[C@H](N)c1nc2cc(Cl)c(Cl)cc2n1Cc1cccc(Cl)c1. The molecule has 24 heavy (non-hydrogen) atoms. The average Bonchev–Trinajstić information content (AvgIpc) is 2.86. The lowest BCUT2D eigenvalue weighted by atomic mass is 10.1. The lowest BCUT2D eigenvalue weighted by Crippen LogP contribution is -2.17. The van der Waals surface area contributed by atoms with Crippen LogP contribution in [-0.4, -0.2) is 9.55 Å². The number of rotatable bonds is 5. The highest BCUT2D eigenvalue weighted by molar-refractivity contribution is 6.42. The van der Waals surface area contributed by atoms with Gasteiger partial charge in [0.1, 0.15) is 5.82 Å². The molecule has 0 amide bonds. The Labute approximate surface area is 156 Å². The minimum atomic E-state index is -0.140. The maximum Gasteiger partial charge on any atom is 0.127 e. The third-order valence-corrected chi connectivity index (χ3v) is 4.94. The molecule has 0 saturated heterocycles. The number of hydrogen-bond donors (Lipinski definition) is 1. The first-order valence-corrected chi connectivity index (χ1v) is 8.98. The van der Waals surface area contributed by atoms with E-state index in [4.69, 9.17) is 45.5 Å². The summed E-state index contributed by atoms with van der Waals surface area (Å²) in [6.45, 7) is 2.74. The van der Waals surface area contributed by atoms with Crippen molar-refractivity contribution in [2.75, 3.05) is 0 Å². The molecule has 1 atom stereocenters. The fourth-order valence-electron chi connectivity index (χ4n) is 2.85. The third kappa shape index (κ3) is 3.55. The Hall–Kier alpha value is -1.26. The monoisotopic (exact) mass is 381 g/mol. The van der Waals surface area contributed by atoms with Crippen molar-refractivity contribution < 1.29 is 0 Å². The molecule has 3 nitrogen and oxygen atoms in total. The van der Waals surface area contributed by atoms with Gasteiger partial charge in [-0.25, -0.2) is 4.98 Å². The molecule has 0 fully saturated rings. The minimum Gasteiger partial charge on any atom is -0.322 e. The van der Waals surface area contributed by atoms with Gasteiger partial charge in [-0.15, -0.1) is 0 Å². The van der Waals surface area contributed by atoms with Crippen LogP contribution in [0.25, 0.3) is 11.0 Å². The molecule has 1 heterocycles. The third-order valence-electron chi connectivity index (χ3n) is 3.98. The molecule has 2 aromatic carbocycles. The largest absolute Gasteiger partial charge is 0.322 e. The molecule has 1 aromatic heterocycles. The molecular weight excluding hydrogens is 365 g/mol. The second-order valence-electron chi connectivity index (χ2n) is 5.84. The van der Waals surface area contributed by atoms with Crippen molar-refractivity contribution in [3.8, 4) is 0 Å². The molecule has 2 N–H and O–H groups in total. The zero-order valence-electron chi connectivity index (χ0n) is 13.3. The van der Waals surface area contributed by atoms with Crippen LogP contribution in [0.3, 0.4) is 0 Å². The lowest BCUT2D eigenvalue weighted by molar-refractivity contribution is 0.572. The van der Waals surface area contributed by atoms with Gasteiger partial charge in [0.05, 0.1) is 27.1 Å². The Morgan fingerprint density at radius 3 is 2.58 bits per heavy atom. The summed E-state index contributed by atoms with van der Waals surface area (Å²) in [6, 6.07) is 11.3. The van der Waals surface area contributed by atoms with E-state index in [0.717, 1.165) is 35.3 Å². The van der Waals surface area contributed by atoms with E-state index in [9.17, 15) is 0 Å². The molecule has 0 bridgehead atoms. The topological polar surface area (TPSA) is 43.8 Å². The number of benzene rings is 2. The summed E-state index contributed by atoms with van der Waals surface area (Å²) < 4.78 is 2.10. The number of nitrogens with two attached hydrogens (primary N) is 1. The van der Waals surface area contributed by atoms with Gasteiger partial charge in [-0.2, -0.15) is 0 Å². The quantitative estimate of drug-likeness (QED) is 0.602. The van der Waals surface area contributed by atoms with E-state index in [0.29, 0.717) is 21.6 Å². The zero-order chi connectivity index (χ0) is 17.3. The van der Waals surface area contributed by atoms with Crippen LogP contribution in [0.4, 0.5) is 0 Å².